The molecule has 6 nitrogen and oxygen atoms in total. The molecule has 0 bridgehead atoms. The number of piperazine rings is 1. The number of nitrogens with zero attached hydrogens (tertiary/aromatic N) is 5. The van der Waals surface area contributed by atoms with Crippen molar-refractivity contribution in [3.05, 3.63) is 59.7 Å². The van der Waals surface area contributed by atoms with E-state index in [4.69, 9.17) is 0 Å². The molecule has 0 atom stereocenters. The van der Waals surface area contributed by atoms with Crippen LogP contribution in [0.4, 0.5) is 14.7 Å². The summed E-state index contributed by atoms with van der Waals surface area (Å²) in [7, 11) is 0. The van der Waals surface area contributed by atoms with Crippen molar-refractivity contribution in [2.75, 3.05) is 31.1 Å². The zero-order valence-electron chi connectivity index (χ0n) is 15.0. The number of H-pyrrole nitrogens is 1. The molecule has 1 saturated heterocycles. The molecule has 140 valence electrons. The summed E-state index contributed by atoms with van der Waals surface area (Å²) < 4.78 is 27.0. The van der Waals surface area contributed by atoms with Gasteiger partial charge in [0.1, 0.15) is 11.6 Å². The number of aromatic nitrogens is 4. The Balaban J connectivity index is 1.41. The molecule has 1 aliphatic rings. The second-order valence-electron chi connectivity index (χ2n) is 6.60. The molecule has 1 fully saturated rings. The Bertz CT molecular complexity index is 916. The Morgan fingerprint density at radius 2 is 1.74 bits per heavy atom. The molecule has 8 heteroatoms. The third kappa shape index (κ3) is 3.80. The maximum absolute atomic E-state index is 14.0. The Labute approximate surface area is 155 Å². The zero-order chi connectivity index (χ0) is 18.8. The number of imidazole rings is 1. The topological polar surface area (TPSA) is 60.9 Å². The van der Waals surface area contributed by atoms with E-state index in [1.165, 1.54) is 18.5 Å². The third-order valence-electron chi connectivity index (χ3n) is 4.75. The number of nitrogens with one attached hydrogen (secondary N) is 1. The SMILES string of the molecule is Cc1[nH]c(-c2ccccc2F)nc1CN1CCN(c2ncc(F)cn2)CC1. The van der Waals surface area contributed by atoms with E-state index in [2.05, 4.69) is 24.8 Å². The third-order valence-corrected chi connectivity index (χ3v) is 4.75. The van der Waals surface area contributed by atoms with Crippen molar-refractivity contribution in [1.82, 2.24) is 24.8 Å². The molecule has 0 saturated carbocycles. The summed E-state index contributed by atoms with van der Waals surface area (Å²) >= 11 is 0. The van der Waals surface area contributed by atoms with Crippen molar-refractivity contribution in [2.24, 2.45) is 0 Å². The minimum Gasteiger partial charge on any atom is -0.342 e. The van der Waals surface area contributed by atoms with Crippen molar-refractivity contribution in [1.29, 1.82) is 0 Å². The Morgan fingerprint density at radius 3 is 2.44 bits per heavy atom. The van der Waals surface area contributed by atoms with Crippen LogP contribution in [0.1, 0.15) is 11.4 Å². The average Bonchev–Trinajstić information content (AvgIpc) is 3.04. The first-order valence-corrected chi connectivity index (χ1v) is 8.85. The molecule has 4 rings (SSSR count). The monoisotopic (exact) mass is 370 g/mol. The van der Waals surface area contributed by atoms with Crippen LogP contribution in [-0.4, -0.2) is 51.0 Å². The fourth-order valence-corrected chi connectivity index (χ4v) is 3.22. The van der Waals surface area contributed by atoms with Crippen LogP contribution in [0.5, 0.6) is 0 Å². The van der Waals surface area contributed by atoms with Gasteiger partial charge in [0.05, 0.1) is 23.7 Å². The molecule has 1 N–H and O–H groups in total. The van der Waals surface area contributed by atoms with Gasteiger partial charge in [-0.2, -0.15) is 0 Å². The van der Waals surface area contributed by atoms with Crippen LogP contribution in [0.15, 0.2) is 36.7 Å². The number of hydrogen-bond acceptors (Lipinski definition) is 5. The van der Waals surface area contributed by atoms with Crippen molar-refractivity contribution in [3.8, 4) is 11.4 Å². The number of benzene rings is 1. The lowest BCUT2D eigenvalue weighted by atomic mass is 10.2. The van der Waals surface area contributed by atoms with Crippen LogP contribution in [0, 0.1) is 18.6 Å². The molecule has 3 heterocycles. The number of anilines is 1. The lowest BCUT2D eigenvalue weighted by molar-refractivity contribution is 0.246. The molecule has 0 unspecified atom stereocenters. The lowest BCUT2D eigenvalue weighted by Crippen LogP contribution is -2.46. The molecule has 1 aromatic carbocycles. The van der Waals surface area contributed by atoms with Crippen LogP contribution in [-0.2, 0) is 6.54 Å². The van der Waals surface area contributed by atoms with Crippen LogP contribution in [0.25, 0.3) is 11.4 Å². The molecular formula is C19H20F2N6. The molecule has 0 spiro atoms. The van der Waals surface area contributed by atoms with Gasteiger partial charge in [0.2, 0.25) is 5.95 Å². The largest absolute Gasteiger partial charge is 0.342 e. The van der Waals surface area contributed by atoms with Gasteiger partial charge in [0.15, 0.2) is 5.82 Å². The predicted molar refractivity (Wildman–Crippen MR) is 98.2 cm³/mol. The van der Waals surface area contributed by atoms with Gasteiger partial charge in [-0.1, -0.05) is 12.1 Å². The average molecular weight is 370 g/mol. The van der Waals surface area contributed by atoms with Crippen LogP contribution in [0.3, 0.4) is 0 Å². The second kappa shape index (κ2) is 7.40. The summed E-state index contributed by atoms with van der Waals surface area (Å²) in [5.74, 6) is 0.385. The number of halogens is 2. The summed E-state index contributed by atoms with van der Waals surface area (Å²) in [4.78, 5) is 20.2. The number of hydrogen-bond donors (Lipinski definition) is 1. The summed E-state index contributed by atoms with van der Waals surface area (Å²) in [6.07, 6.45) is 2.37. The van der Waals surface area contributed by atoms with E-state index in [9.17, 15) is 8.78 Å². The number of aryl methyl sites for hydroxylation is 1. The van der Waals surface area contributed by atoms with E-state index in [0.717, 1.165) is 37.6 Å². The maximum Gasteiger partial charge on any atom is 0.225 e. The second-order valence-corrected chi connectivity index (χ2v) is 6.60. The maximum atomic E-state index is 14.0. The predicted octanol–water partition coefficient (Wildman–Crippen LogP) is 2.78. The van der Waals surface area contributed by atoms with E-state index in [-0.39, 0.29) is 5.82 Å². The standard InChI is InChI=1S/C19H20F2N6/c1-13-17(25-18(24-13)15-4-2-3-5-16(15)21)12-26-6-8-27(9-7-26)19-22-10-14(20)11-23-19/h2-5,10-11H,6-9,12H2,1H3,(H,24,25). The van der Waals surface area contributed by atoms with Crippen molar-refractivity contribution < 1.29 is 8.78 Å². The van der Waals surface area contributed by atoms with Crippen molar-refractivity contribution in [2.45, 2.75) is 13.5 Å². The first-order valence-electron chi connectivity index (χ1n) is 8.85. The molecule has 0 aliphatic carbocycles. The summed E-state index contributed by atoms with van der Waals surface area (Å²) in [6, 6.07) is 6.62. The molecule has 0 amide bonds. The highest BCUT2D eigenvalue weighted by Gasteiger charge is 2.21. The summed E-state index contributed by atoms with van der Waals surface area (Å²) in [5.41, 5.74) is 2.34. The van der Waals surface area contributed by atoms with Crippen LogP contribution >= 0.6 is 0 Å². The molecule has 1 aliphatic heterocycles. The fourth-order valence-electron chi connectivity index (χ4n) is 3.22. The highest BCUT2D eigenvalue weighted by atomic mass is 19.1. The molecule has 2 aromatic heterocycles. The zero-order valence-corrected chi connectivity index (χ0v) is 15.0. The normalized spacial score (nSPS) is 15.3. The van der Waals surface area contributed by atoms with Gasteiger partial charge in [-0.25, -0.2) is 23.7 Å². The minimum atomic E-state index is -0.433. The minimum absolute atomic E-state index is 0.286. The van der Waals surface area contributed by atoms with E-state index >= 15 is 0 Å². The smallest absolute Gasteiger partial charge is 0.225 e. The van der Waals surface area contributed by atoms with Crippen molar-refractivity contribution in [3.63, 3.8) is 0 Å². The van der Waals surface area contributed by atoms with Crippen molar-refractivity contribution >= 4 is 5.95 Å². The van der Waals surface area contributed by atoms with Gasteiger partial charge in [0.25, 0.3) is 0 Å². The van der Waals surface area contributed by atoms with Gasteiger partial charge in [0, 0.05) is 38.4 Å². The van der Waals surface area contributed by atoms with Gasteiger partial charge < -0.3 is 9.88 Å². The molecule has 27 heavy (non-hydrogen) atoms. The van der Waals surface area contributed by atoms with Gasteiger partial charge in [-0.05, 0) is 19.1 Å². The number of rotatable bonds is 4. The highest BCUT2D eigenvalue weighted by molar-refractivity contribution is 5.56. The fraction of sp³-hybridized carbons (Fsp3) is 0.316. The number of aromatic amines is 1. The molecule has 3 aromatic rings. The Hall–Kier alpha value is -2.87. The molecular weight excluding hydrogens is 350 g/mol. The highest BCUT2D eigenvalue weighted by Crippen LogP contribution is 2.22. The first kappa shape index (κ1) is 17.5. The Morgan fingerprint density at radius 1 is 1.04 bits per heavy atom. The van der Waals surface area contributed by atoms with E-state index < -0.39 is 5.82 Å². The summed E-state index contributed by atoms with van der Waals surface area (Å²) in [6.45, 7) is 5.80. The first-order chi connectivity index (χ1) is 13.1. The van der Waals surface area contributed by atoms with E-state index in [1.54, 1.807) is 18.2 Å². The van der Waals surface area contributed by atoms with Gasteiger partial charge >= 0.3 is 0 Å². The van der Waals surface area contributed by atoms with Gasteiger partial charge in [-0.15, -0.1) is 0 Å². The van der Waals surface area contributed by atoms with Gasteiger partial charge in [-0.3, -0.25) is 4.90 Å². The lowest BCUT2D eigenvalue weighted by Gasteiger charge is -2.34. The summed E-state index contributed by atoms with van der Waals surface area (Å²) in [5, 5.41) is 0. The Kier molecular flexibility index (Phi) is 4.81. The quantitative estimate of drug-likeness (QED) is 0.765. The van der Waals surface area contributed by atoms with Crippen LogP contribution in [0.2, 0.25) is 0 Å². The molecule has 0 radical (unpaired) electrons. The van der Waals surface area contributed by atoms with Crippen LogP contribution < -0.4 is 4.90 Å². The van der Waals surface area contributed by atoms with E-state index in [1.807, 2.05) is 11.8 Å². The van der Waals surface area contributed by atoms with E-state index in [0.29, 0.717) is 23.9 Å².